The molecule has 4 aromatic carbocycles. The zero-order valence-electron chi connectivity index (χ0n) is 30.5. The van der Waals surface area contributed by atoms with Crippen molar-refractivity contribution in [1.29, 1.82) is 0 Å². The van der Waals surface area contributed by atoms with Crippen molar-refractivity contribution >= 4 is 46.3 Å². The van der Waals surface area contributed by atoms with Crippen molar-refractivity contribution in [3.63, 3.8) is 0 Å². The zero-order chi connectivity index (χ0) is 40.7. The number of nitrogens with one attached hydrogen (secondary N) is 2. The molecule has 292 valence electrons. The average Bonchev–Trinajstić information content (AvgIpc) is 4.05. The molecule has 0 amide bonds. The molecule has 2 aromatic heterocycles. The molecule has 0 aliphatic heterocycles. The molecule has 1 fully saturated rings. The van der Waals surface area contributed by atoms with E-state index in [0.717, 1.165) is 24.5 Å². The van der Waals surface area contributed by atoms with Crippen molar-refractivity contribution in [2.45, 2.75) is 31.9 Å². The molecule has 1 saturated carbocycles. The van der Waals surface area contributed by atoms with Gasteiger partial charge < -0.3 is 25.2 Å². The Hall–Kier alpha value is -6.47. The number of hydrogen-bond donors (Lipinski definition) is 3. The number of aromatic carboxylic acids is 1. The van der Waals surface area contributed by atoms with Gasteiger partial charge in [0.15, 0.2) is 0 Å². The van der Waals surface area contributed by atoms with E-state index in [-0.39, 0.29) is 40.5 Å². The number of anilines is 4. The van der Waals surface area contributed by atoms with Crippen LogP contribution < -0.4 is 15.4 Å². The first-order valence-electron chi connectivity index (χ1n) is 17.6. The van der Waals surface area contributed by atoms with Crippen LogP contribution >= 0.6 is 11.6 Å². The minimum atomic E-state index is -4.64. The highest BCUT2D eigenvalue weighted by atomic mass is 35.5. The van der Waals surface area contributed by atoms with E-state index >= 15 is 0 Å². The van der Waals surface area contributed by atoms with Gasteiger partial charge in [-0.1, -0.05) is 41.9 Å². The maximum atomic E-state index is 13.9. The number of carbonyl (C=O) groups excluding carboxylic acids is 1. The number of nitrogens with zero attached hydrogens (tertiary/aromatic N) is 2. The second kappa shape index (κ2) is 17.5. The number of pyridine rings is 2. The maximum absolute atomic E-state index is 13.9. The molecule has 0 radical (unpaired) electrons. The summed E-state index contributed by atoms with van der Waals surface area (Å²) in [6, 6.07) is 26.9. The number of ether oxygens (including phenoxy) is 2. The molecular weight excluding hydrogens is 764 g/mol. The van der Waals surface area contributed by atoms with Gasteiger partial charge in [0.2, 0.25) is 0 Å². The van der Waals surface area contributed by atoms with Gasteiger partial charge in [0, 0.05) is 16.1 Å². The molecule has 7 rings (SSSR count). The molecule has 0 bridgehead atoms. The predicted octanol–water partition coefficient (Wildman–Crippen LogP) is 11.6. The van der Waals surface area contributed by atoms with Crippen LogP contribution in [0.4, 0.5) is 40.3 Å². The third-order valence-corrected chi connectivity index (χ3v) is 9.04. The first-order chi connectivity index (χ1) is 27.3. The standard InChI is InChI=1S/C25H23F3N2O3.C18H12ClFN2O2/c1-3-33-24(31)20-12-16(15-7-8-15)9-10-22(20)30-18-13-21(25(26,27)28)23(29-14-18)17-5-4-6-19(11-17)32-2;19-11-5-7-17(14(9-11)18(23)24)22-12-6-8-16(21-10-12)13-3-1-2-4-15(13)20/h4-6,9-15,30H,3,7-8H2,1-2H3;1-10,22H,(H,23,24). The van der Waals surface area contributed by atoms with Crippen molar-refractivity contribution in [3.05, 3.63) is 149 Å². The molecule has 0 atom stereocenters. The molecule has 0 saturated heterocycles. The van der Waals surface area contributed by atoms with Crippen LogP contribution in [-0.2, 0) is 10.9 Å². The summed E-state index contributed by atoms with van der Waals surface area (Å²) in [6.45, 7) is 1.90. The second-order valence-corrected chi connectivity index (χ2v) is 13.2. The van der Waals surface area contributed by atoms with Crippen LogP contribution in [0.1, 0.15) is 57.5 Å². The van der Waals surface area contributed by atoms with Gasteiger partial charge in [-0.25, -0.2) is 14.0 Å². The van der Waals surface area contributed by atoms with E-state index in [4.69, 9.17) is 21.1 Å². The summed E-state index contributed by atoms with van der Waals surface area (Å²) in [5, 5.41) is 15.5. The van der Waals surface area contributed by atoms with Gasteiger partial charge in [-0.05, 0) is 104 Å². The van der Waals surface area contributed by atoms with Crippen LogP contribution in [0.2, 0.25) is 5.02 Å². The predicted molar refractivity (Wildman–Crippen MR) is 210 cm³/mol. The number of benzene rings is 4. The van der Waals surface area contributed by atoms with E-state index in [1.165, 1.54) is 37.7 Å². The topological polar surface area (TPSA) is 123 Å². The van der Waals surface area contributed by atoms with Gasteiger partial charge in [-0.2, -0.15) is 13.2 Å². The zero-order valence-corrected chi connectivity index (χ0v) is 31.3. The molecule has 14 heteroatoms. The van der Waals surface area contributed by atoms with Crippen LogP contribution in [-0.4, -0.2) is 40.7 Å². The van der Waals surface area contributed by atoms with Gasteiger partial charge in [0.1, 0.15) is 11.6 Å². The van der Waals surface area contributed by atoms with Crippen molar-refractivity contribution < 1.29 is 41.7 Å². The second-order valence-electron chi connectivity index (χ2n) is 12.8. The molecule has 0 unspecified atom stereocenters. The Morgan fingerprint density at radius 3 is 2.23 bits per heavy atom. The first kappa shape index (κ1) is 40.2. The van der Waals surface area contributed by atoms with Crippen LogP contribution in [0.3, 0.4) is 0 Å². The molecule has 3 N–H and O–H groups in total. The number of carbonyl (C=O) groups is 2. The lowest BCUT2D eigenvalue weighted by molar-refractivity contribution is -0.137. The third kappa shape index (κ3) is 10.0. The fourth-order valence-corrected chi connectivity index (χ4v) is 6.05. The summed E-state index contributed by atoms with van der Waals surface area (Å²) in [5.74, 6) is -1.13. The van der Waals surface area contributed by atoms with Crippen LogP contribution in [0, 0.1) is 5.82 Å². The molecule has 6 aromatic rings. The highest BCUT2D eigenvalue weighted by Crippen LogP contribution is 2.42. The fraction of sp³-hybridized carbons (Fsp3) is 0.163. The van der Waals surface area contributed by atoms with E-state index in [1.807, 2.05) is 6.07 Å². The van der Waals surface area contributed by atoms with Crippen molar-refractivity contribution in [2.75, 3.05) is 24.4 Å². The Labute approximate surface area is 330 Å². The van der Waals surface area contributed by atoms with Crippen LogP contribution in [0.25, 0.3) is 22.5 Å². The lowest BCUT2D eigenvalue weighted by atomic mass is 10.0. The van der Waals surface area contributed by atoms with Crippen molar-refractivity contribution in [3.8, 4) is 28.3 Å². The van der Waals surface area contributed by atoms with Gasteiger partial charge >= 0.3 is 18.1 Å². The van der Waals surface area contributed by atoms with Gasteiger partial charge in [0.05, 0.1) is 76.9 Å². The van der Waals surface area contributed by atoms with Crippen LogP contribution in [0.15, 0.2) is 116 Å². The van der Waals surface area contributed by atoms with Gasteiger partial charge in [-0.3, -0.25) is 9.97 Å². The Bertz CT molecular complexity index is 2410. The lowest BCUT2D eigenvalue weighted by Gasteiger charge is -2.17. The normalized spacial score (nSPS) is 12.2. The van der Waals surface area contributed by atoms with Crippen molar-refractivity contribution in [2.24, 2.45) is 0 Å². The summed E-state index contributed by atoms with van der Waals surface area (Å²) < 4.78 is 65.8. The largest absolute Gasteiger partial charge is 0.497 e. The van der Waals surface area contributed by atoms with Gasteiger partial charge in [-0.15, -0.1) is 0 Å². The number of alkyl halides is 3. The lowest BCUT2D eigenvalue weighted by Crippen LogP contribution is -2.11. The quantitative estimate of drug-likeness (QED) is 0.0868. The number of esters is 1. The number of hydrogen-bond acceptors (Lipinski definition) is 8. The average molecular weight is 799 g/mol. The summed E-state index contributed by atoms with van der Waals surface area (Å²) in [6.07, 6.45) is 0.304. The Kier molecular flexibility index (Phi) is 12.4. The van der Waals surface area contributed by atoms with Crippen molar-refractivity contribution in [1.82, 2.24) is 9.97 Å². The first-order valence-corrected chi connectivity index (χ1v) is 18.0. The minimum Gasteiger partial charge on any atom is -0.497 e. The molecule has 1 aliphatic carbocycles. The number of rotatable bonds is 11. The Morgan fingerprint density at radius 1 is 0.842 bits per heavy atom. The van der Waals surface area contributed by atoms with E-state index < -0.39 is 23.7 Å². The van der Waals surface area contributed by atoms with E-state index in [9.17, 15) is 32.3 Å². The van der Waals surface area contributed by atoms with Crippen LogP contribution in [0.5, 0.6) is 5.75 Å². The SMILES string of the molecule is CCOC(=O)c1cc(C2CC2)ccc1Nc1cnc(-c2cccc(OC)c2)c(C(F)(F)F)c1.O=C(O)c1cc(Cl)ccc1Nc1ccc(-c2ccccc2F)nc1. The minimum absolute atomic E-state index is 0.0562. The third-order valence-electron chi connectivity index (χ3n) is 8.81. The summed E-state index contributed by atoms with van der Waals surface area (Å²) in [4.78, 5) is 32.1. The smallest absolute Gasteiger partial charge is 0.418 e. The summed E-state index contributed by atoms with van der Waals surface area (Å²) in [5.41, 5.74) is 2.89. The molecule has 2 heterocycles. The highest BCUT2D eigenvalue weighted by molar-refractivity contribution is 6.31. The number of aromatic nitrogens is 2. The molecule has 9 nitrogen and oxygen atoms in total. The number of halogens is 5. The van der Waals surface area contributed by atoms with E-state index in [2.05, 4.69) is 20.6 Å². The maximum Gasteiger partial charge on any atom is 0.418 e. The number of methoxy groups -OCH3 is 1. The van der Waals surface area contributed by atoms with E-state index in [1.54, 1.807) is 79.7 Å². The number of carboxylic acids is 1. The molecule has 0 spiro atoms. The monoisotopic (exact) mass is 798 g/mol. The Balaban J connectivity index is 0.000000203. The summed E-state index contributed by atoms with van der Waals surface area (Å²) in [7, 11) is 1.44. The molecule has 57 heavy (non-hydrogen) atoms. The number of carboxylic acid groups (broad SMARTS) is 1. The summed E-state index contributed by atoms with van der Waals surface area (Å²) >= 11 is 5.83. The fourth-order valence-electron chi connectivity index (χ4n) is 5.88. The van der Waals surface area contributed by atoms with Gasteiger partial charge in [0.25, 0.3) is 0 Å². The highest BCUT2D eigenvalue weighted by Gasteiger charge is 2.35. The molecule has 1 aliphatic rings. The Morgan fingerprint density at radius 2 is 1.56 bits per heavy atom. The van der Waals surface area contributed by atoms with E-state index in [0.29, 0.717) is 45.0 Å². The molecular formula is C43H35ClF4N4O5.